The summed E-state index contributed by atoms with van der Waals surface area (Å²) in [4.78, 5) is 2.67. The number of fused-ring (bicyclic) bond motifs is 2. The van der Waals surface area contributed by atoms with Crippen LogP contribution < -0.4 is 0 Å². The Morgan fingerprint density at radius 3 is 2.35 bits per heavy atom. The SMILES string of the molecule is c1ccc2c(Sc3csc4ccccc34)cccc2c1. The highest BCUT2D eigenvalue weighted by molar-refractivity contribution is 8.00. The third-order valence-corrected chi connectivity index (χ3v) is 5.66. The van der Waals surface area contributed by atoms with Crippen molar-refractivity contribution in [3.8, 4) is 0 Å². The first-order valence-corrected chi connectivity index (χ1v) is 8.23. The molecule has 0 aliphatic rings. The fourth-order valence-corrected chi connectivity index (χ4v) is 4.63. The molecule has 0 aliphatic carbocycles. The molecule has 0 radical (unpaired) electrons. The van der Waals surface area contributed by atoms with Crippen LogP contribution in [-0.2, 0) is 0 Å². The molecule has 20 heavy (non-hydrogen) atoms. The van der Waals surface area contributed by atoms with Gasteiger partial charge >= 0.3 is 0 Å². The Kier molecular flexibility index (Phi) is 2.98. The first-order chi connectivity index (χ1) is 9.92. The van der Waals surface area contributed by atoms with E-state index in [0.29, 0.717) is 0 Å². The molecule has 0 amide bonds. The predicted octanol–water partition coefficient (Wildman–Crippen LogP) is 6.21. The van der Waals surface area contributed by atoms with E-state index in [1.807, 2.05) is 23.1 Å². The quantitative estimate of drug-likeness (QED) is 0.423. The molecule has 1 aromatic heterocycles. The van der Waals surface area contributed by atoms with Gasteiger partial charge in [0.15, 0.2) is 0 Å². The van der Waals surface area contributed by atoms with Gasteiger partial charge in [0.2, 0.25) is 0 Å². The summed E-state index contributed by atoms with van der Waals surface area (Å²) in [6, 6.07) is 23.7. The molecule has 4 rings (SSSR count). The lowest BCUT2D eigenvalue weighted by Gasteiger charge is -2.05. The van der Waals surface area contributed by atoms with Gasteiger partial charge < -0.3 is 0 Å². The molecule has 0 bridgehead atoms. The Hall–Kier alpha value is -1.77. The highest BCUT2D eigenvalue weighted by Gasteiger charge is 2.07. The summed E-state index contributed by atoms with van der Waals surface area (Å²) >= 11 is 3.68. The molecule has 0 N–H and O–H groups in total. The topological polar surface area (TPSA) is 0 Å². The zero-order valence-corrected chi connectivity index (χ0v) is 12.4. The zero-order valence-electron chi connectivity index (χ0n) is 10.7. The van der Waals surface area contributed by atoms with Crippen molar-refractivity contribution in [2.24, 2.45) is 0 Å². The third-order valence-electron chi connectivity index (χ3n) is 3.41. The third kappa shape index (κ3) is 2.01. The second-order valence-electron chi connectivity index (χ2n) is 4.68. The molecule has 0 spiro atoms. The van der Waals surface area contributed by atoms with Gasteiger partial charge in [-0.05, 0) is 22.9 Å². The number of hydrogen-bond donors (Lipinski definition) is 0. The summed E-state index contributed by atoms with van der Waals surface area (Å²) in [5, 5.41) is 6.25. The van der Waals surface area contributed by atoms with Crippen LogP contribution >= 0.6 is 23.1 Å². The van der Waals surface area contributed by atoms with Crippen molar-refractivity contribution in [3.05, 3.63) is 72.1 Å². The summed E-state index contributed by atoms with van der Waals surface area (Å²) in [6.07, 6.45) is 0. The van der Waals surface area contributed by atoms with Gasteiger partial charge in [-0.2, -0.15) is 0 Å². The molecule has 0 nitrogen and oxygen atoms in total. The molecule has 96 valence electrons. The van der Waals surface area contributed by atoms with Gasteiger partial charge in [-0.25, -0.2) is 0 Å². The summed E-state index contributed by atoms with van der Waals surface area (Å²) in [5.41, 5.74) is 0. The molecular weight excluding hydrogens is 280 g/mol. The Balaban J connectivity index is 1.85. The Labute approximate surface area is 126 Å². The molecule has 4 aromatic rings. The smallest absolute Gasteiger partial charge is 0.0354 e. The fourth-order valence-electron chi connectivity index (χ4n) is 2.44. The van der Waals surface area contributed by atoms with E-state index in [9.17, 15) is 0 Å². The molecular formula is C18H12S2. The predicted molar refractivity (Wildman–Crippen MR) is 89.9 cm³/mol. The maximum Gasteiger partial charge on any atom is 0.0354 e. The van der Waals surface area contributed by atoms with Gasteiger partial charge in [-0.1, -0.05) is 66.4 Å². The lowest BCUT2D eigenvalue weighted by atomic mass is 10.1. The van der Waals surface area contributed by atoms with Crippen molar-refractivity contribution in [1.29, 1.82) is 0 Å². The second kappa shape index (κ2) is 4.97. The van der Waals surface area contributed by atoms with Crippen molar-refractivity contribution in [3.63, 3.8) is 0 Å². The van der Waals surface area contributed by atoms with E-state index < -0.39 is 0 Å². The van der Waals surface area contributed by atoms with Gasteiger partial charge in [0.05, 0.1) is 0 Å². The van der Waals surface area contributed by atoms with Crippen LogP contribution in [0.2, 0.25) is 0 Å². The van der Waals surface area contributed by atoms with Crippen molar-refractivity contribution >= 4 is 44.0 Å². The minimum atomic E-state index is 1.30. The molecule has 0 aliphatic heterocycles. The molecule has 1 heterocycles. The van der Waals surface area contributed by atoms with E-state index in [2.05, 4.69) is 72.1 Å². The second-order valence-corrected chi connectivity index (χ2v) is 6.67. The highest BCUT2D eigenvalue weighted by Crippen LogP contribution is 2.39. The number of rotatable bonds is 2. The van der Waals surface area contributed by atoms with Crippen LogP contribution in [0.5, 0.6) is 0 Å². The summed E-state index contributed by atoms with van der Waals surface area (Å²) in [5.74, 6) is 0. The van der Waals surface area contributed by atoms with Crippen molar-refractivity contribution < 1.29 is 0 Å². The first kappa shape index (κ1) is 12.0. The summed E-state index contributed by atoms with van der Waals surface area (Å²) < 4.78 is 1.36. The van der Waals surface area contributed by atoms with Crippen LogP contribution in [-0.4, -0.2) is 0 Å². The fraction of sp³-hybridized carbons (Fsp3) is 0. The Morgan fingerprint density at radius 2 is 1.40 bits per heavy atom. The standard InChI is InChI=1S/C18H12S2/c1-2-8-14-13(6-1)7-5-11-17(14)20-18-12-19-16-10-4-3-9-15(16)18/h1-12H. The van der Waals surface area contributed by atoms with Gasteiger partial charge in [-0.3, -0.25) is 0 Å². The number of hydrogen-bond acceptors (Lipinski definition) is 2. The molecule has 0 fully saturated rings. The van der Waals surface area contributed by atoms with Crippen LogP contribution in [0.25, 0.3) is 20.9 Å². The van der Waals surface area contributed by atoms with Crippen LogP contribution in [0.3, 0.4) is 0 Å². The average Bonchev–Trinajstić information content (AvgIpc) is 2.91. The maximum atomic E-state index is 2.26. The van der Waals surface area contributed by atoms with E-state index in [1.165, 1.54) is 30.6 Å². The zero-order chi connectivity index (χ0) is 13.4. The van der Waals surface area contributed by atoms with Gasteiger partial charge in [-0.15, -0.1) is 11.3 Å². The maximum absolute atomic E-state index is 2.26. The number of thiophene rings is 1. The summed E-state index contributed by atoms with van der Waals surface area (Å²) in [6.45, 7) is 0. The number of benzene rings is 3. The van der Waals surface area contributed by atoms with Crippen LogP contribution in [0, 0.1) is 0 Å². The van der Waals surface area contributed by atoms with Gasteiger partial charge in [0.1, 0.15) is 0 Å². The highest BCUT2D eigenvalue weighted by atomic mass is 32.2. The monoisotopic (exact) mass is 292 g/mol. The van der Waals surface area contributed by atoms with Gasteiger partial charge in [0.25, 0.3) is 0 Å². The van der Waals surface area contributed by atoms with Crippen LogP contribution in [0.1, 0.15) is 0 Å². The molecule has 0 saturated heterocycles. The van der Waals surface area contributed by atoms with Crippen LogP contribution in [0.4, 0.5) is 0 Å². The van der Waals surface area contributed by atoms with E-state index in [0.717, 1.165) is 0 Å². The average molecular weight is 292 g/mol. The molecule has 2 heteroatoms. The normalized spacial score (nSPS) is 11.2. The summed E-state index contributed by atoms with van der Waals surface area (Å²) in [7, 11) is 0. The minimum Gasteiger partial charge on any atom is -0.143 e. The van der Waals surface area contributed by atoms with Crippen molar-refractivity contribution in [2.45, 2.75) is 9.79 Å². The lowest BCUT2D eigenvalue weighted by molar-refractivity contribution is 1.52. The lowest BCUT2D eigenvalue weighted by Crippen LogP contribution is -1.77. The molecule has 3 aromatic carbocycles. The molecule has 0 unspecified atom stereocenters. The van der Waals surface area contributed by atoms with E-state index in [4.69, 9.17) is 0 Å². The van der Waals surface area contributed by atoms with Crippen LogP contribution in [0.15, 0.2) is 81.9 Å². The largest absolute Gasteiger partial charge is 0.143 e. The Morgan fingerprint density at radius 1 is 0.650 bits per heavy atom. The van der Waals surface area contributed by atoms with E-state index in [1.54, 1.807) is 0 Å². The van der Waals surface area contributed by atoms with E-state index >= 15 is 0 Å². The van der Waals surface area contributed by atoms with Crippen molar-refractivity contribution in [1.82, 2.24) is 0 Å². The molecule has 0 saturated carbocycles. The van der Waals surface area contributed by atoms with Gasteiger partial charge in [0, 0.05) is 25.3 Å². The van der Waals surface area contributed by atoms with E-state index in [-0.39, 0.29) is 0 Å². The first-order valence-electron chi connectivity index (χ1n) is 6.54. The molecule has 0 atom stereocenters. The van der Waals surface area contributed by atoms with Crippen molar-refractivity contribution in [2.75, 3.05) is 0 Å². The Bertz CT molecular complexity index is 885. The minimum absolute atomic E-state index is 1.30.